The molecular weight excluding hydrogens is 360 g/mol. The molecule has 0 aliphatic carbocycles. The maximum absolute atomic E-state index is 5.83. The Bertz CT molecular complexity index is 746. The SMILES string of the molecule is C=Cc1ccc2c(c1)OCCOCCOc1ccccc1OCCOCCO2. The van der Waals surface area contributed by atoms with Crippen LogP contribution in [0.4, 0.5) is 0 Å². The van der Waals surface area contributed by atoms with Crippen LogP contribution in [0.1, 0.15) is 5.56 Å². The molecule has 0 saturated heterocycles. The first-order chi connectivity index (χ1) is 13.9. The molecule has 0 saturated carbocycles. The third kappa shape index (κ3) is 6.18. The molecule has 6 heteroatoms. The Labute approximate surface area is 165 Å². The summed E-state index contributed by atoms with van der Waals surface area (Å²) in [7, 11) is 0. The topological polar surface area (TPSA) is 55.4 Å². The van der Waals surface area contributed by atoms with E-state index in [-0.39, 0.29) is 0 Å². The van der Waals surface area contributed by atoms with E-state index in [9.17, 15) is 0 Å². The summed E-state index contributed by atoms with van der Waals surface area (Å²) in [6.45, 7) is 7.29. The first kappa shape index (κ1) is 20.0. The molecule has 1 aliphatic heterocycles. The van der Waals surface area contributed by atoms with Crippen LogP contribution in [-0.2, 0) is 9.47 Å². The molecule has 0 fully saturated rings. The van der Waals surface area contributed by atoms with Crippen molar-refractivity contribution in [3.63, 3.8) is 0 Å². The highest BCUT2D eigenvalue weighted by Gasteiger charge is 2.08. The van der Waals surface area contributed by atoms with Gasteiger partial charge >= 0.3 is 0 Å². The fraction of sp³-hybridized carbons (Fsp3) is 0.364. The van der Waals surface area contributed by atoms with Crippen molar-refractivity contribution in [2.45, 2.75) is 0 Å². The van der Waals surface area contributed by atoms with Crippen LogP contribution in [0, 0.1) is 0 Å². The van der Waals surface area contributed by atoms with Gasteiger partial charge in [0.05, 0.1) is 26.4 Å². The van der Waals surface area contributed by atoms with Crippen molar-refractivity contribution in [3.8, 4) is 23.0 Å². The Balaban J connectivity index is 1.60. The molecule has 1 aliphatic rings. The zero-order valence-corrected chi connectivity index (χ0v) is 15.9. The van der Waals surface area contributed by atoms with Crippen LogP contribution < -0.4 is 18.9 Å². The molecule has 0 N–H and O–H groups in total. The number of hydrogen-bond donors (Lipinski definition) is 0. The zero-order chi connectivity index (χ0) is 19.4. The molecule has 0 unspecified atom stereocenters. The molecule has 0 amide bonds. The first-order valence-corrected chi connectivity index (χ1v) is 9.39. The number of rotatable bonds is 1. The van der Waals surface area contributed by atoms with Crippen molar-refractivity contribution >= 4 is 6.08 Å². The quantitative estimate of drug-likeness (QED) is 0.747. The summed E-state index contributed by atoms with van der Waals surface area (Å²) < 4.78 is 34.3. The highest BCUT2D eigenvalue weighted by Crippen LogP contribution is 2.29. The third-order valence-corrected chi connectivity index (χ3v) is 3.99. The summed E-state index contributed by atoms with van der Waals surface area (Å²) in [4.78, 5) is 0. The highest BCUT2D eigenvalue weighted by atomic mass is 16.6. The second-order valence-electron chi connectivity index (χ2n) is 5.98. The van der Waals surface area contributed by atoms with Gasteiger partial charge in [-0.15, -0.1) is 0 Å². The van der Waals surface area contributed by atoms with Crippen LogP contribution >= 0.6 is 0 Å². The van der Waals surface area contributed by atoms with E-state index in [4.69, 9.17) is 28.4 Å². The lowest BCUT2D eigenvalue weighted by Gasteiger charge is -2.15. The summed E-state index contributed by atoms with van der Waals surface area (Å²) in [6.07, 6.45) is 1.77. The minimum Gasteiger partial charge on any atom is -0.487 e. The van der Waals surface area contributed by atoms with E-state index in [0.717, 1.165) is 5.56 Å². The number of para-hydroxylation sites is 2. The van der Waals surface area contributed by atoms with Crippen molar-refractivity contribution in [3.05, 3.63) is 54.6 Å². The molecule has 0 radical (unpaired) electrons. The number of ether oxygens (including phenoxy) is 6. The van der Waals surface area contributed by atoms with Crippen LogP contribution in [0.25, 0.3) is 6.08 Å². The standard InChI is InChI=1S/C22H26O6/c1-2-18-7-8-21-22(17-18)28-16-12-24-10-14-26-20-6-4-3-5-19(20)25-13-9-23-11-15-27-21/h2-8,17H,1,9-16H2. The van der Waals surface area contributed by atoms with Crippen LogP contribution in [-0.4, -0.2) is 52.9 Å². The Hall–Kier alpha value is -2.70. The van der Waals surface area contributed by atoms with Gasteiger partial charge in [-0.2, -0.15) is 0 Å². The van der Waals surface area contributed by atoms with Crippen molar-refractivity contribution in [2.75, 3.05) is 52.9 Å². The minimum absolute atomic E-state index is 0.410. The molecule has 0 spiro atoms. The molecule has 0 atom stereocenters. The van der Waals surface area contributed by atoms with Crippen LogP contribution in [0.15, 0.2) is 49.0 Å². The second-order valence-corrected chi connectivity index (χ2v) is 5.98. The van der Waals surface area contributed by atoms with Gasteiger partial charge in [0.1, 0.15) is 26.4 Å². The fourth-order valence-corrected chi connectivity index (χ4v) is 2.62. The van der Waals surface area contributed by atoms with Crippen LogP contribution in [0.3, 0.4) is 0 Å². The van der Waals surface area contributed by atoms with Crippen molar-refractivity contribution < 1.29 is 28.4 Å². The Morgan fingerprint density at radius 3 is 1.54 bits per heavy atom. The Kier molecular flexibility index (Phi) is 8.03. The lowest BCUT2D eigenvalue weighted by atomic mass is 10.2. The van der Waals surface area contributed by atoms with E-state index in [0.29, 0.717) is 75.9 Å². The van der Waals surface area contributed by atoms with Gasteiger partial charge < -0.3 is 28.4 Å². The van der Waals surface area contributed by atoms with Crippen molar-refractivity contribution in [1.82, 2.24) is 0 Å². The molecule has 1 heterocycles. The average Bonchev–Trinajstić information content (AvgIpc) is 2.73. The predicted octanol–water partition coefficient (Wildman–Crippen LogP) is 3.59. The van der Waals surface area contributed by atoms with Crippen LogP contribution in [0.2, 0.25) is 0 Å². The summed E-state index contributed by atoms with van der Waals surface area (Å²) in [5.74, 6) is 2.72. The predicted molar refractivity (Wildman–Crippen MR) is 107 cm³/mol. The van der Waals surface area contributed by atoms with Gasteiger partial charge in [-0.25, -0.2) is 0 Å². The summed E-state index contributed by atoms with van der Waals surface area (Å²) >= 11 is 0. The van der Waals surface area contributed by atoms with Crippen molar-refractivity contribution in [2.24, 2.45) is 0 Å². The monoisotopic (exact) mass is 386 g/mol. The smallest absolute Gasteiger partial charge is 0.161 e. The van der Waals surface area contributed by atoms with E-state index in [1.165, 1.54) is 0 Å². The summed E-state index contributed by atoms with van der Waals surface area (Å²) in [5, 5.41) is 0. The molecule has 2 aromatic carbocycles. The van der Waals surface area contributed by atoms with Crippen LogP contribution in [0.5, 0.6) is 23.0 Å². The summed E-state index contributed by atoms with van der Waals surface area (Å²) in [6, 6.07) is 13.3. The van der Waals surface area contributed by atoms with E-state index in [1.54, 1.807) is 6.08 Å². The molecule has 28 heavy (non-hydrogen) atoms. The Morgan fingerprint density at radius 2 is 1.04 bits per heavy atom. The molecule has 150 valence electrons. The van der Waals surface area contributed by atoms with Gasteiger partial charge in [0, 0.05) is 0 Å². The number of fused-ring (bicyclic) bond motifs is 2. The summed E-state index contributed by atoms with van der Waals surface area (Å²) in [5.41, 5.74) is 0.964. The molecule has 2 aromatic rings. The molecule has 0 bridgehead atoms. The average molecular weight is 386 g/mol. The fourth-order valence-electron chi connectivity index (χ4n) is 2.62. The lowest BCUT2D eigenvalue weighted by Crippen LogP contribution is -2.15. The number of hydrogen-bond acceptors (Lipinski definition) is 6. The van der Waals surface area contributed by atoms with E-state index in [1.807, 2.05) is 42.5 Å². The zero-order valence-electron chi connectivity index (χ0n) is 15.9. The second kappa shape index (κ2) is 11.2. The maximum Gasteiger partial charge on any atom is 0.161 e. The van der Waals surface area contributed by atoms with E-state index >= 15 is 0 Å². The first-order valence-electron chi connectivity index (χ1n) is 9.39. The van der Waals surface area contributed by atoms with Gasteiger partial charge in [-0.3, -0.25) is 0 Å². The highest BCUT2D eigenvalue weighted by molar-refractivity contribution is 5.54. The molecular formula is C22H26O6. The molecule has 6 nitrogen and oxygen atoms in total. The van der Waals surface area contributed by atoms with E-state index < -0.39 is 0 Å². The largest absolute Gasteiger partial charge is 0.487 e. The van der Waals surface area contributed by atoms with Crippen molar-refractivity contribution in [1.29, 1.82) is 0 Å². The normalized spacial score (nSPS) is 16.4. The van der Waals surface area contributed by atoms with Gasteiger partial charge in [-0.1, -0.05) is 30.9 Å². The lowest BCUT2D eigenvalue weighted by molar-refractivity contribution is 0.0640. The van der Waals surface area contributed by atoms with Gasteiger partial charge in [0.2, 0.25) is 0 Å². The minimum atomic E-state index is 0.410. The maximum atomic E-state index is 5.83. The van der Waals surface area contributed by atoms with E-state index in [2.05, 4.69) is 6.58 Å². The molecule has 0 aromatic heterocycles. The van der Waals surface area contributed by atoms with Gasteiger partial charge in [0.15, 0.2) is 23.0 Å². The van der Waals surface area contributed by atoms with Gasteiger partial charge in [-0.05, 0) is 29.8 Å². The third-order valence-electron chi connectivity index (χ3n) is 3.99. The number of benzene rings is 2. The Morgan fingerprint density at radius 1 is 0.571 bits per heavy atom. The molecule has 3 rings (SSSR count). The van der Waals surface area contributed by atoms with Gasteiger partial charge in [0.25, 0.3) is 0 Å².